The zero-order valence-electron chi connectivity index (χ0n) is 13.6. The van der Waals surface area contributed by atoms with Crippen molar-refractivity contribution in [1.82, 2.24) is 4.90 Å². The number of carbonyl (C=O) groups excluding carboxylic acids is 1. The number of carbonyl (C=O) groups is 1. The maximum atomic E-state index is 12.1. The predicted molar refractivity (Wildman–Crippen MR) is 88.4 cm³/mol. The molecule has 0 aliphatic rings. The van der Waals surface area contributed by atoms with E-state index in [0.717, 1.165) is 28.6 Å². The summed E-state index contributed by atoms with van der Waals surface area (Å²) >= 11 is 0. The van der Waals surface area contributed by atoms with Crippen LogP contribution in [0.25, 0.3) is 10.8 Å². The maximum absolute atomic E-state index is 12.1. The number of benzene rings is 2. The molecule has 0 aliphatic heterocycles. The van der Waals surface area contributed by atoms with Gasteiger partial charge in [-0.1, -0.05) is 24.3 Å². The topological polar surface area (TPSA) is 38.8 Å². The van der Waals surface area contributed by atoms with Crippen LogP contribution in [0.2, 0.25) is 0 Å². The van der Waals surface area contributed by atoms with E-state index in [9.17, 15) is 4.79 Å². The van der Waals surface area contributed by atoms with Crippen molar-refractivity contribution >= 4 is 16.7 Å². The molecule has 0 N–H and O–H groups in total. The molecule has 4 heteroatoms. The molecule has 2 rings (SSSR count). The summed E-state index contributed by atoms with van der Waals surface area (Å²) in [5, 5.41) is 2.18. The molecule has 0 amide bonds. The summed E-state index contributed by atoms with van der Waals surface area (Å²) in [5.74, 6) is 0.375. The van der Waals surface area contributed by atoms with Crippen molar-refractivity contribution in [2.45, 2.75) is 12.8 Å². The van der Waals surface area contributed by atoms with E-state index in [0.29, 0.717) is 6.61 Å². The third kappa shape index (κ3) is 3.98. The van der Waals surface area contributed by atoms with Gasteiger partial charge in [-0.25, -0.2) is 0 Å². The minimum Gasteiger partial charge on any atom is -0.497 e. The Hall–Kier alpha value is -2.07. The molecule has 1 unspecified atom stereocenters. The van der Waals surface area contributed by atoms with Crippen molar-refractivity contribution in [3.05, 3.63) is 42.0 Å². The smallest absolute Gasteiger partial charge is 0.313 e. The summed E-state index contributed by atoms with van der Waals surface area (Å²) in [6.45, 7) is 3.03. The molecular weight excluding hydrogens is 278 g/mol. The van der Waals surface area contributed by atoms with Gasteiger partial charge in [0.2, 0.25) is 0 Å². The van der Waals surface area contributed by atoms with Crippen LogP contribution in [0.4, 0.5) is 0 Å². The molecule has 0 saturated heterocycles. The van der Waals surface area contributed by atoms with Gasteiger partial charge in [0.1, 0.15) is 12.4 Å². The quantitative estimate of drug-likeness (QED) is 0.769. The number of hydrogen-bond acceptors (Lipinski definition) is 4. The van der Waals surface area contributed by atoms with Crippen LogP contribution >= 0.6 is 0 Å². The second-order valence-electron chi connectivity index (χ2n) is 5.66. The largest absolute Gasteiger partial charge is 0.497 e. The Bertz CT molecular complexity index is 652. The number of likely N-dealkylation sites (N-methyl/N-ethyl adjacent to an activating group) is 1. The average molecular weight is 301 g/mol. The summed E-state index contributed by atoms with van der Waals surface area (Å²) in [5.41, 5.74) is 0.965. The molecule has 0 spiro atoms. The molecule has 0 aromatic heterocycles. The lowest BCUT2D eigenvalue weighted by Gasteiger charge is -2.14. The monoisotopic (exact) mass is 301 g/mol. The molecule has 1 atom stereocenters. The second-order valence-corrected chi connectivity index (χ2v) is 5.66. The first-order valence-electron chi connectivity index (χ1n) is 7.40. The van der Waals surface area contributed by atoms with Gasteiger partial charge in [0.15, 0.2) is 0 Å². The third-order valence-electron chi connectivity index (χ3n) is 3.71. The van der Waals surface area contributed by atoms with Crippen LogP contribution in [0.5, 0.6) is 5.75 Å². The minimum atomic E-state index is -0.270. The fourth-order valence-electron chi connectivity index (χ4n) is 2.23. The summed E-state index contributed by atoms with van der Waals surface area (Å²) in [7, 11) is 5.56. The Balaban J connectivity index is 2.11. The normalized spacial score (nSPS) is 12.4. The number of methoxy groups -OCH3 is 1. The molecule has 4 nitrogen and oxygen atoms in total. The Kier molecular flexibility index (Phi) is 5.39. The van der Waals surface area contributed by atoms with Gasteiger partial charge >= 0.3 is 5.97 Å². The Morgan fingerprint density at radius 2 is 1.82 bits per heavy atom. The number of ether oxygens (including phenoxy) is 2. The molecular formula is C18H23NO3. The second kappa shape index (κ2) is 7.27. The van der Waals surface area contributed by atoms with Crippen LogP contribution in [0.1, 0.15) is 18.4 Å². The number of nitrogens with zero attached hydrogens (tertiary/aromatic N) is 1. The van der Waals surface area contributed by atoms with E-state index in [-0.39, 0.29) is 11.9 Å². The summed E-state index contributed by atoms with van der Waals surface area (Å²) in [6.07, 6.45) is 0. The Morgan fingerprint density at radius 1 is 1.14 bits per heavy atom. The maximum Gasteiger partial charge on any atom is 0.313 e. The first-order valence-corrected chi connectivity index (χ1v) is 7.40. The van der Waals surface area contributed by atoms with E-state index in [1.165, 1.54) is 0 Å². The molecule has 0 saturated carbocycles. The van der Waals surface area contributed by atoms with E-state index < -0.39 is 0 Å². The SMILES string of the molecule is COc1ccc2cc(C(C)C(=O)OCCN(C)C)ccc2c1. The molecule has 118 valence electrons. The van der Waals surface area contributed by atoms with E-state index in [4.69, 9.17) is 9.47 Å². The molecule has 0 heterocycles. The van der Waals surface area contributed by atoms with E-state index in [2.05, 4.69) is 0 Å². The summed E-state index contributed by atoms with van der Waals surface area (Å²) in [6, 6.07) is 11.9. The van der Waals surface area contributed by atoms with Crippen molar-refractivity contribution < 1.29 is 14.3 Å². The Morgan fingerprint density at radius 3 is 2.50 bits per heavy atom. The lowest BCUT2D eigenvalue weighted by Crippen LogP contribution is -2.22. The molecule has 2 aromatic rings. The van der Waals surface area contributed by atoms with Crippen molar-refractivity contribution in [1.29, 1.82) is 0 Å². The van der Waals surface area contributed by atoms with Gasteiger partial charge in [-0.15, -0.1) is 0 Å². The molecule has 0 fully saturated rings. The summed E-state index contributed by atoms with van der Waals surface area (Å²) in [4.78, 5) is 14.1. The highest BCUT2D eigenvalue weighted by atomic mass is 16.5. The predicted octanol–water partition coefficient (Wildman–Crippen LogP) is 3.06. The van der Waals surface area contributed by atoms with Gasteiger partial charge in [0.05, 0.1) is 13.0 Å². The zero-order valence-corrected chi connectivity index (χ0v) is 13.6. The average Bonchev–Trinajstić information content (AvgIpc) is 2.52. The number of esters is 1. The van der Waals surface area contributed by atoms with Gasteiger partial charge in [0.25, 0.3) is 0 Å². The standard InChI is InChI=1S/C18H23NO3/c1-13(18(20)22-10-9-19(2)3)14-5-6-16-12-17(21-4)8-7-15(16)11-14/h5-8,11-13H,9-10H2,1-4H3. The van der Waals surface area contributed by atoms with E-state index >= 15 is 0 Å². The molecule has 0 bridgehead atoms. The molecule has 0 radical (unpaired) electrons. The summed E-state index contributed by atoms with van der Waals surface area (Å²) < 4.78 is 10.5. The van der Waals surface area contributed by atoms with Crippen molar-refractivity contribution in [3.63, 3.8) is 0 Å². The van der Waals surface area contributed by atoms with E-state index in [1.54, 1.807) is 7.11 Å². The van der Waals surface area contributed by atoms with Gasteiger partial charge in [-0.2, -0.15) is 0 Å². The van der Waals surface area contributed by atoms with Gasteiger partial charge in [-0.05, 0) is 49.5 Å². The van der Waals surface area contributed by atoms with Crippen LogP contribution in [0.3, 0.4) is 0 Å². The van der Waals surface area contributed by atoms with Crippen LogP contribution < -0.4 is 4.74 Å². The van der Waals surface area contributed by atoms with Gasteiger partial charge < -0.3 is 14.4 Å². The zero-order chi connectivity index (χ0) is 16.1. The Labute approximate surface area is 131 Å². The van der Waals surface area contributed by atoms with Gasteiger partial charge in [0, 0.05) is 6.54 Å². The molecule has 22 heavy (non-hydrogen) atoms. The fraction of sp³-hybridized carbons (Fsp3) is 0.389. The van der Waals surface area contributed by atoms with Crippen LogP contribution in [-0.2, 0) is 9.53 Å². The fourth-order valence-corrected chi connectivity index (χ4v) is 2.23. The van der Waals surface area contributed by atoms with Crippen molar-refractivity contribution in [3.8, 4) is 5.75 Å². The van der Waals surface area contributed by atoms with Crippen molar-refractivity contribution in [2.75, 3.05) is 34.4 Å². The van der Waals surface area contributed by atoms with Crippen LogP contribution in [0.15, 0.2) is 36.4 Å². The highest BCUT2D eigenvalue weighted by Crippen LogP contribution is 2.25. The first-order chi connectivity index (χ1) is 10.5. The third-order valence-corrected chi connectivity index (χ3v) is 3.71. The molecule has 2 aromatic carbocycles. The molecule has 0 aliphatic carbocycles. The van der Waals surface area contributed by atoms with Crippen molar-refractivity contribution in [2.24, 2.45) is 0 Å². The van der Waals surface area contributed by atoms with Gasteiger partial charge in [-0.3, -0.25) is 4.79 Å². The van der Waals surface area contributed by atoms with Crippen LogP contribution in [-0.4, -0.2) is 45.2 Å². The van der Waals surface area contributed by atoms with Crippen LogP contribution in [0, 0.1) is 0 Å². The number of rotatable bonds is 6. The first kappa shape index (κ1) is 16.3. The lowest BCUT2D eigenvalue weighted by atomic mass is 9.98. The highest BCUT2D eigenvalue weighted by Gasteiger charge is 2.17. The van der Waals surface area contributed by atoms with E-state index in [1.807, 2.05) is 62.3 Å². The lowest BCUT2D eigenvalue weighted by molar-refractivity contribution is -0.145. The highest BCUT2D eigenvalue weighted by molar-refractivity contribution is 5.86. The minimum absolute atomic E-state index is 0.185. The number of fused-ring (bicyclic) bond motifs is 1. The number of hydrogen-bond donors (Lipinski definition) is 0.